The predicted molar refractivity (Wildman–Crippen MR) is 108 cm³/mol. The Kier molecular flexibility index (Phi) is 7.43. The molecular formula is C17H22Cl3N5O. The highest BCUT2D eigenvalue weighted by atomic mass is 35.5. The number of halogens is 3. The number of guanidine groups is 1. The van der Waals surface area contributed by atoms with Gasteiger partial charge in [-0.15, -0.1) is 0 Å². The minimum atomic E-state index is 0.368. The molecular weight excluding hydrogens is 397 g/mol. The van der Waals surface area contributed by atoms with E-state index >= 15 is 0 Å². The van der Waals surface area contributed by atoms with E-state index in [4.69, 9.17) is 39.5 Å². The number of nitrogens with zero attached hydrogens (tertiary/aromatic N) is 3. The largest absolute Gasteiger partial charge is 0.489 e. The van der Waals surface area contributed by atoms with Crippen LogP contribution in [0.1, 0.15) is 17.0 Å². The van der Waals surface area contributed by atoms with Crippen LogP contribution in [0.15, 0.2) is 17.1 Å². The Balaban J connectivity index is 1.83. The van der Waals surface area contributed by atoms with Crippen LogP contribution >= 0.6 is 34.8 Å². The van der Waals surface area contributed by atoms with Gasteiger partial charge in [-0.05, 0) is 26.0 Å². The number of ether oxygens (including phenoxy) is 1. The average Bonchev–Trinajstić information content (AvgIpc) is 2.81. The monoisotopic (exact) mass is 417 g/mol. The molecule has 0 fully saturated rings. The molecule has 0 spiro atoms. The lowest BCUT2D eigenvalue weighted by molar-refractivity contribution is 0.322. The summed E-state index contributed by atoms with van der Waals surface area (Å²) in [7, 11) is 3.65. The van der Waals surface area contributed by atoms with Gasteiger partial charge in [-0.1, -0.05) is 34.8 Å². The second-order valence-corrected chi connectivity index (χ2v) is 6.92. The Hall–Kier alpha value is -1.63. The van der Waals surface area contributed by atoms with Crippen molar-refractivity contribution in [3.63, 3.8) is 0 Å². The van der Waals surface area contributed by atoms with Gasteiger partial charge in [0.25, 0.3) is 0 Å². The lowest BCUT2D eigenvalue weighted by atomic mass is 10.2. The van der Waals surface area contributed by atoms with Gasteiger partial charge < -0.3 is 15.4 Å². The molecule has 142 valence electrons. The predicted octanol–water partition coefficient (Wildman–Crippen LogP) is 3.74. The van der Waals surface area contributed by atoms with Crippen molar-refractivity contribution in [3.8, 4) is 5.75 Å². The summed E-state index contributed by atoms with van der Waals surface area (Å²) in [5.41, 5.74) is 3.29. The second-order valence-electron chi connectivity index (χ2n) is 5.67. The highest BCUT2D eigenvalue weighted by molar-refractivity contribution is 6.40. The van der Waals surface area contributed by atoms with Crippen LogP contribution in [0.5, 0.6) is 5.75 Å². The van der Waals surface area contributed by atoms with Crippen molar-refractivity contribution >= 4 is 40.8 Å². The summed E-state index contributed by atoms with van der Waals surface area (Å²) in [5, 5.41) is 12.1. The maximum absolute atomic E-state index is 6.09. The zero-order chi connectivity index (χ0) is 19.3. The fourth-order valence-corrected chi connectivity index (χ4v) is 3.38. The van der Waals surface area contributed by atoms with Crippen LogP contribution in [0.3, 0.4) is 0 Å². The maximum atomic E-state index is 6.09. The van der Waals surface area contributed by atoms with Crippen LogP contribution in [-0.4, -0.2) is 35.9 Å². The third kappa shape index (κ3) is 5.19. The number of hydrogen-bond acceptors (Lipinski definition) is 3. The molecule has 0 aliphatic carbocycles. The summed E-state index contributed by atoms with van der Waals surface area (Å²) in [5.74, 6) is 1.09. The molecule has 0 saturated heterocycles. The SMILES string of the molecule is CN=C(NCCOc1c(Cl)cc(Cl)cc1Cl)NCc1c(C)nn(C)c1C. The molecule has 0 radical (unpaired) electrons. The van der Waals surface area contributed by atoms with Gasteiger partial charge in [-0.3, -0.25) is 9.67 Å². The normalized spacial score (nSPS) is 11.6. The lowest BCUT2D eigenvalue weighted by Crippen LogP contribution is -2.39. The van der Waals surface area contributed by atoms with E-state index in [1.54, 1.807) is 19.2 Å². The minimum Gasteiger partial charge on any atom is -0.489 e. The Bertz CT molecular complexity index is 781. The summed E-state index contributed by atoms with van der Waals surface area (Å²) in [6.45, 7) is 5.57. The van der Waals surface area contributed by atoms with Crippen molar-refractivity contribution in [2.75, 3.05) is 20.2 Å². The summed E-state index contributed by atoms with van der Waals surface area (Å²) in [6.07, 6.45) is 0. The number of aryl methyl sites for hydroxylation is 2. The fourth-order valence-electron chi connectivity index (χ4n) is 2.46. The van der Waals surface area contributed by atoms with Crippen molar-refractivity contribution in [1.82, 2.24) is 20.4 Å². The molecule has 6 nitrogen and oxygen atoms in total. The molecule has 0 amide bonds. The summed E-state index contributed by atoms with van der Waals surface area (Å²) in [6, 6.07) is 3.19. The lowest BCUT2D eigenvalue weighted by Gasteiger charge is -2.14. The van der Waals surface area contributed by atoms with Crippen LogP contribution in [-0.2, 0) is 13.6 Å². The van der Waals surface area contributed by atoms with E-state index in [-0.39, 0.29) is 0 Å². The van der Waals surface area contributed by atoms with Crippen LogP contribution in [0.25, 0.3) is 0 Å². The number of aromatic nitrogens is 2. The van der Waals surface area contributed by atoms with E-state index in [0.29, 0.717) is 46.5 Å². The van der Waals surface area contributed by atoms with Crippen molar-refractivity contribution in [2.24, 2.45) is 12.0 Å². The van der Waals surface area contributed by atoms with Gasteiger partial charge in [0.1, 0.15) is 6.61 Å². The maximum Gasteiger partial charge on any atom is 0.191 e. The van der Waals surface area contributed by atoms with Gasteiger partial charge in [-0.2, -0.15) is 5.10 Å². The van der Waals surface area contributed by atoms with Gasteiger partial charge in [0.05, 0.1) is 22.3 Å². The van der Waals surface area contributed by atoms with Crippen molar-refractivity contribution in [3.05, 3.63) is 44.2 Å². The number of hydrogen-bond donors (Lipinski definition) is 2. The number of aliphatic imine (C=N–C) groups is 1. The van der Waals surface area contributed by atoms with Crippen molar-refractivity contribution < 1.29 is 4.74 Å². The third-order valence-corrected chi connectivity index (χ3v) is 4.70. The molecule has 0 bridgehead atoms. The van der Waals surface area contributed by atoms with E-state index in [9.17, 15) is 0 Å². The Morgan fingerprint density at radius 1 is 1.19 bits per heavy atom. The van der Waals surface area contributed by atoms with Crippen molar-refractivity contribution in [1.29, 1.82) is 0 Å². The molecule has 2 N–H and O–H groups in total. The number of nitrogens with one attached hydrogen (secondary N) is 2. The Morgan fingerprint density at radius 3 is 2.38 bits per heavy atom. The smallest absolute Gasteiger partial charge is 0.191 e. The highest BCUT2D eigenvalue weighted by Gasteiger charge is 2.11. The first kappa shape index (κ1) is 20.7. The molecule has 0 aliphatic heterocycles. The zero-order valence-corrected chi connectivity index (χ0v) is 17.4. The minimum absolute atomic E-state index is 0.368. The van der Waals surface area contributed by atoms with Crippen LogP contribution in [0, 0.1) is 13.8 Å². The average molecular weight is 419 g/mol. The summed E-state index contributed by atoms with van der Waals surface area (Å²) in [4.78, 5) is 4.20. The number of rotatable bonds is 6. The van der Waals surface area contributed by atoms with E-state index in [1.165, 1.54) is 0 Å². The van der Waals surface area contributed by atoms with Crippen molar-refractivity contribution in [2.45, 2.75) is 20.4 Å². The van der Waals surface area contributed by atoms with E-state index in [0.717, 1.165) is 17.0 Å². The summed E-state index contributed by atoms with van der Waals surface area (Å²) < 4.78 is 7.51. The molecule has 0 atom stereocenters. The first-order chi connectivity index (χ1) is 12.3. The topological polar surface area (TPSA) is 63.5 Å². The van der Waals surface area contributed by atoms with E-state index in [2.05, 4.69) is 20.7 Å². The standard InChI is InChI=1S/C17H22Cl3N5O/c1-10-13(11(2)25(4)24-10)9-23-17(21-3)22-5-6-26-16-14(19)7-12(18)8-15(16)20/h7-8H,5-6,9H2,1-4H3,(H2,21,22,23). The molecule has 0 aliphatic rings. The highest BCUT2D eigenvalue weighted by Crippen LogP contribution is 2.35. The third-order valence-electron chi connectivity index (χ3n) is 3.92. The molecule has 1 heterocycles. The molecule has 0 saturated carbocycles. The zero-order valence-electron chi connectivity index (χ0n) is 15.2. The molecule has 26 heavy (non-hydrogen) atoms. The molecule has 1 aromatic carbocycles. The molecule has 0 unspecified atom stereocenters. The van der Waals surface area contributed by atoms with Crippen LogP contribution in [0.2, 0.25) is 15.1 Å². The van der Waals surface area contributed by atoms with Gasteiger partial charge >= 0.3 is 0 Å². The number of benzene rings is 1. The summed E-state index contributed by atoms with van der Waals surface area (Å²) >= 11 is 18.1. The Labute approximate surface area is 168 Å². The van der Waals surface area contributed by atoms with Gasteiger partial charge in [0.2, 0.25) is 0 Å². The van der Waals surface area contributed by atoms with Crippen LogP contribution < -0.4 is 15.4 Å². The van der Waals surface area contributed by atoms with Gasteiger partial charge in [0.15, 0.2) is 11.7 Å². The molecule has 2 aromatic rings. The molecule has 2 rings (SSSR count). The molecule has 1 aromatic heterocycles. The quantitative estimate of drug-likeness (QED) is 0.426. The first-order valence-corrected chi connectivity index (χ1v) is 9.17. The fraction of sp³-hybridized carbons (Fsp3) is 0.412. The second kappa shape index (κ2) is 9.35. The van der Waals surface area contributed by atoms with Gasteiger partial charge in [0, 0.05) is 36.9 Å². The van der Waals surface area contributed by atoms with E-state index in [1.807, 2.05) is 25.6 Å². The first-order valence-electron chi connectivity index (χ1n) is 8.04. The van der Waals surface area contributed by atoms with Gasteiger partial charge in [-0.25, -0.2) is 0 Å². The van der Waals surface area contributed by atoms with Crippen LogP contribution in [0.4, 0.5) is 0 Å². The van der Waals surface area contributed by atoms with E-state index < -0.39 is 0 Å². The Morgan fingerprint density at radius 2 is 1.85 bits per heavy atom. The molecule has 9 heteroatoms.